The largest absolute Gasteiger partial charge is 0.396 e. The summed E-state index contributed by atoms with van der Waals surface area (Å²) in [5.41, 5.74) is 2.62. The van der Waals surface area contributed by atoms with E-state index < -0.39 is 0 Å². The fraction of sp³-hybridized carbons (Fsp3) is 0.500. The molecule has 0 aromatic heterocycles. The molecule has 0 bridgehead atoms. The van der Waals surface area contributed by atoms with Crippen molar-refractivity contribution in [1.29, 1.82) is 0 Å². The molecule has 0 amide bonds. The van der Waals surface area contributed by atoms with Gasteiger partial charge in [-0.1, -0.05) is 12.1 Å². The van der Waals surface area contributed by atoms with E-state index in [1.54, 1.807) is 0 Å². The lowest BCUT2D eigenvalue weighted by Gasteiger charge is -2.18. The number of anilines is 2. The highest BCUT2D eigenvalue weighted by atomic mass is 35.5. The van der Waals surface area contributed by atoms with Crippen LogP contribution in [-0.2, 0) is 0 Å². The minimum absolute atomic E-state index is 0. The van der Waals surface area contributed by atoms with E-state index in [1.807, 2.05) is 0 Å². The Morgan fingerprint density at radius 3 is 2.56 bits per heavy atom. The van der Waals surface area contributed by atoms with Gasteiger partial charge >= 0.3 is 0 Å². The third-order valence-corrected chi connectivity index (χ3v) is 2.85. The fourth-order valence-electron chi connectivity index (χ4n) is 2.07. The van der Waals surface area contributed by atoms with E-state index in [4.69, 9.17) is 5.11 Å². The lowest BCUT2D eigenvalue weighted by atomic mass is 10.2. The first kappa shape index (κ1) is 13.1. The summed E-state index contributed by atoms with van der Waals surface area (Å²) in [6.07, 6.45) is 1.95. The molecule has 0 saturated heterocycles. The Morgan fingerprint density at radius 1 is 1.19 bits per heavy atom. The second-order valence-corrected chi connectivity index (χ2v) is 4.02. The highest BCUT2D eigenvalue weighted by Crippen LogP contribution is 2.34. The van der Waals surface area contributed by atoms with Gasteiger partial charge in [-0.15, -0.1) is 12.4 Å². The second kappa shape index (κ2) is 5.97. The summed E-state index contributed by atoms with van der Waals surface area (Å²) in [6, 6.07) is 8.47. The van der Waals surface area contributed by atoms with Crippen molar-refractivity contribution in [2.24, 2.45) is 0 Å². The average Bonchev–Trinajstić information content (AvgIpc) is 2.58. The number of halogens is 1. The molecule has 90 valence electrons. The molecule has 0 atom stereocenters. The molecule has 3 nitrogen and oxygen atoms in total. The topological polar surface area (TPSA) is 26.7 Å². The van der Waals surface area contributed by atoms with Crippen molar-refractivity contribution in [3.05, 3.63) is 24.3 Å². The van der Waals surface area contributed by atoms with Gasteiger partial charge in [0.05, 0.1) is 18.0 Å². The number of hydrogen-bond acceptors (Lipinski definition) is 3. The zero-order chi connectivity index (χ0) is 10.7. The summed E-state index contributed by atoms with van der Waals surface area (Å²) in [6.45, 7) is 2.29. The molecule has 0 saturated carbocycles. The molecule has 0 aliphatic carbocycles. The van der Waals surface area contributed by atoms with E-state index >= 15 is 0 Å². The molecule has 1 aliphatic heterocycles. The summed E-state index contributed by atoms with van der Waals surface area (Å²) in [5.74, 6) is 0. The molecule has 4 heteroatoms. The number of rotatable bonds is 4. The van der Waals surface area contributed by atoms with Crippen molar-refractivity contribution in [3.8, 4) is 0 Å². The quantitative estimate of drug-likeness (QED) is 0.820. The van der Waals surface area contributed by atoms with Crippen molar-refractivity contribution in [3.63, 3.8) is 0 Å². The van der Waals surface area contributed by atoms with Gasteiger partial charge in [0.1, 0.15) is 0 Å². The molecule has 1 heterocycles. The van der Waals surface area contributed by atoms with E-state index in [9.17, 15) is 0 Å². The molecule has 2 rings (SSSR count). The van der Waals surface area contributed by atoms with Crippen LogP contribution in [0.5, 0.6) is 0 Å². The fourth-order valence-corrected chi connectivity index (χ4v) is 2.07. The van der Waals surface area contributed by atoms with Crippen LogP contribution < -0.4 is 9.80 Å². The lowest BCUT2D eigenvalue weighted by molar-refractivity contribution is 0.285. The van der Waals surface area contributed by atoms with E-state index in [2.05, 4.69) is 41.1 Å². The van der Waals surface area contributed by atoms with E-state index in [-0.39, 0.29) is 12.4 Å². The molecule has 0 spiro atoms. The third-order valence-electron chi connectivity index (χ3n) is 2.85. The van der Waals surface area contributed by atoms with Crippen LogP contribution in [0.25, 0.3) is 0 Å². The Morgan fingerprint density at radius 2 is 1.88 bits per heavy atom. The van der Waals surface area contributed by atoms with Gasteiger partial charge in [0.25, 0.3) is 0 Å². The number of nitrogens with zero attached hydrogens (tertiary/aromatic N) is 2. The number of aliphatic hydroxyl groups is 1. The first-order valence-corrected chi connectivity index (χ1v) is 5.49. The zero-order valence-corrected chi connectivity index (χ0v) is 10.4. The Hall–Kier alpha value is -0.930. The molecular weight excluding hydrogens is 224 g/mol. The van der Waals surface area contributed by atoms with Crippen LogP contribution in [0.4, 0.5) is 11.4 Å². The Kier molecular flexibility index (Phi) is 4.90. The summed E-state index contributed by atoms with van der Waals surface area (Å²) < 4.78 is 0. The van der Waals surface area contributed by atoms with Gasteiger partial charge in [-0.05, 0) is 25.0 Å². The number of para-hydroxylation sites is 2. The van der Waals surface area contributed by atoms with Crippen LogP contribution in [0.15, 0.2) is 24.3 Å². The van der Waals surface area contributed by atoms with E-state index in [1.165, 1.54) is 11.4 Å². The third kappa shape index (κ3) is 2.60. The number of aliphatic hydroxyl groups excluding tert-OH is 1. The summed E-state index contributed by atoms with van der Waals surface area (Å²) in [5, 5.41) is 8.76. The van der Waals surface area contributed by atoms with Crippen molar-refractivity contribution in [2.45, 2.75) is 12.8 Å². The van der Waals surface area contributed by atoms with Gasteiger partial charge in [-0.3, -0.25) is 0 Å². The zero-order valence-electron chi connectivity index (χ0n) is 9.59. The van der Waals surface area contributed by atoms with Crippen molar-refractivity contribution in [1.82, 2.24) is 0 Å². The monoisotopic (exact) mass is 242 g/mol. The molecule has 0 fully saturated rings. The maximum Gasteiger partial charge on any atom is 0.0901 e. The summed E-state index contributed by atoms with van der Waals surface area (Å²) >= 11 is 0. The van der Waals surface area contributed by atoms with Gasteiger partial charge in [0.15, 0.2) is 0 Å². The smallest absolute Gasteiger partial charge is 0.0901 e. The van der Waals surface area contributed by atoms with Crippen LogP contribution in [0.2, 0.25) is 0 Å². The van der Waals surface area contributed by atoms with Gasteiger partial charge in [-0.2, -0.15) is 0 Å². The Balaban J connectivity index is 0.00000128. The number of benzene rings is 1. The average molecular weight is 243 g/mol. The van der Waals surface area contributed by atoms with Crippen molar-refractivity contribution in [2.75, 3.05) is 36.7 Å². The van der Waals surface area contributed by atoms with Gasteiger partial charge in [-0.25, -0.2) is 0 Å². The van der Waals surface area contributed by atoms with Crippen molar-refractivity contribution < 1.29 is 5.11 Å². The number of unbranched alkanes of at least 4 members (excludes halogenated alkanes) is 1. The minimum Gasteiger partial charge on any atom is -0.396 e. The molecule has 1 aromatic carbocycles. The van der Waals surface area contributed by atoms with Crippen LogP contribution in [0.1, 0.15) is 12.8 Å². The van der Waals surface area contributed by atoms with Crippen LogP contribution in [-0.4, -0.2) is 32.0 Å². The molecule has 1 aromatic rings. The van der Waals surface area contributed by atoms with Crippen LogP contribution in [0.3, 0.4) is 0 Å². The molecule has 0 unspecified atom stereocenters. The van der Waals surface area contributed by atoms with Crippen molar-refractivity contribution >= 4 is 23.8 Å². The van der Waals surface area contributed by atoms with Gasteiger partial charge < -0.3 is 14.9 Å². The first-order chi connectivity index (χ1) is 7.33. The molecule has 1 N–H and O–H groups in total. The normalized spacial score (nSPS) is 13.6. The summed E-state index contributed by atoms with van der Waals surface area (Å²) in [7, 11) is 2.12. The molecular formula is C12H19ClN2O. The summed E-state index contributed by atoms with van der Waals surface area (Å²) in [4.78, 5) is 4.62. The lowest BCUT2D eigenvalue weighted by Crippen LogP contribution is -2.28. The van der Waals surface area contributed by atoms with E-state index in [0.29, 0.717) is 6.61 Å². The number of hydrogen-bond donors (Lipinski definition) is 1. The predicted molar refractivity (Wildman–Crippen MR) is 70.6 cm³/mol. The standard InChI is InChI=1S/C12H18N2O.ClH/c1-13-10-14(8-4-5-9-15)12-7-3-2-6-11(12)13;/h2-3,6-7,15H,4-5,8-10H2,1H3;1H. The molecule has 16 heavy (non-hydrogen) atoms. The number of fused-ring (bicyclic) bond motifs is 1. The van der Waals surface area contributed by atoms with Crippen LogP contribution in [0, 0.1) is 0 Å². The minimum atomic E-state index is 0. The Bertz CT molecular complexity index is 333. The first-order valence-electron chi connectivity index (χ1n) is 5.49. The van der Waals surface area contributed by atoms with Crippen LogP contribution >= 0.6 is 12.4 Å². The second-order valence-electron chi connectivity index (χ2n) is 4.02. The highest BCUT2D eigenvalue weighted by Gasteiger charge is 2.21. The van der Waals surface area contributed by atoms with Gasteiger partial charge in [0, 0.05) is 20.2 Å². The molecule has 1 aliphatic rings. The van der Waals surface area contributed by atoms with Gasteiger partial charge in [0.2, 0.25) is 0 Å². The predicted octanol–water partition coefficient (Wildman–Crippen LogP) is 2.09. The molecule has 0 radical (unpaired) electrons. The maximum absolute atomic E-state index is 8.76. The SMILES string of the molecule is CN1CN(CCCCO)c2ccccc21.Cl. The Labute approximate surface area is 103 Å². The van der Waals surface area contributed by atoms with E-state index in [0.717, 1.165) is 26.1 Å². The highest BCUT2D eigenvalue weighted by molar-refractivity contribution is 5.85. The maximum atomic E-state index is 8.76.